The Morgan fingerprint density at radius 2 is 1.90 bits per heavy atom. The molecule has 1 aliphatic carbocycles. The number of rotatable bonds is 0. The third kappa shape index (κ3) is 0.756. The SMILES string of the molecule is C[C]1CCc2ccccc21. The van der Waals surface area contributed by atoms with E-state index in [0.717, 1.165) is 0 Å². The van der Waals surface area contributed by atoms with Crippen LogP contribution in [-0.2, 0) is 6.42 Å². The lowest BCUT2D eigenvalue weighted by Crippen LogP contribution is -1.84. The normalized spacial score (nSPS) is 17.3. The smallest absolute Gasteiger partial charge is 0.00250 e. The molecule has 1 aromatic rings. The van der Waals surface area contributed by atoms with Gasteiger partial charge >= 0.3 is 0 Å². The van der Waals surface area contributed by atoms with Gasteiger partial charge in [-0.3, -0.25) is 0 Å². The molecule has 0 nitrogen and oxygen atoms in total. The number of benzene rings is 1. The Kier molecular flexibility index (Phi) is 1.26. The summed E-state index contributed by atoms with van der Waals surface area (Å²) in [4.78, 5) is 0. The first-order valence-corrected chi connectivity index (χ1v) is 3.78. The van der Waals surface area contributed by atoms with Crippen LogP contribution in [0.1, 0.15) is 24.5 Å². The highest BCUT2D eigenvalue weighted by Gasteiger charge is 2.16. The molecule has 0 unspecified atom stereocenters. The van der Waals surface area contributed by atoms with Gasteiger partial charge in [0.1, 0.15) is 0 Å². The quantitative estimate of drug-likeness (QED) is 0.507. The van der Waals surface area contributed by atoms with Gasteiger partial charge in [-0.15, -0.1) is 0 Å². The van der Waals surface area contributed by atoms with E-state index in [1.165, 1.54) is 24.0 Å². The van der Waals surface area contributed by atoms with E-state index in [0.29, 0.717) is 0 Å². The van der Waals surface area contributed by atoms with Gasteiger partial charge in [-0.1, -0.05) is 31.2 Å². The van der Waals surface area contributed by atoms with Crippen LogP contribution < -0.4 is 0 Å². The minimum Gasteiger partial charge on any atom is -0.0620 e. The number of hydrogen-bond acceptors (Lipinski definition) is 0. The average molecular weight is 131 g/mol. The van der Waals surface area contributed by atoms with Gasteiger partial charge in [-0.05, 0) is 24.0 Å². The zero-order valence-corrected chi connectivity index (χ0v) is 6.22. The number of fused-ring (bicyclic) bond motifs is 1. The fraction of sp³-hybridized carbons (Fsp3) is 0.300. The van der Waals surface area contributed by atoms with Gasteiger partial charge in [-0.2, -0.15) is 0 Å². The maximum absolute atomic E-state index is 2.23. The van der Waals surface area contributed by atoms with Crippen molar-refractivity contribution in [2.24, 2.45) is 0 Å². The van der Waals surface area contributed by atoms with E-state index in [4.69, 9.17) is 0 Å². The van der Waals surface area contributed by atoms with Crippen LogP contribution in [0.2, 0.25) is 0 Å². The Morgan fingerprint density at radius 3 is 2.70 bits per heavy atom. The summed E-state index contributed by atoms with van der Waals surface area (Å²) < 4.78 is 0. The van der Waals surface area contributed by atoms with Crippen LogP contribution in [0.3, 0.4) is 0 Å². The molecule has 1 aromatic carbocycles. The van der Waals surface area contributed by atoms with E-state index in [1.54, 1.807) is 5.92 Å². The van der Waals surface area contributed by atoms with Gasteiger partial charge in [0.25, 0.3) is 0 Å². The van der Waals surface area contributed by atoms with E-state index < -0.39 is 0 Å². The summed E-state index contributed by atoms with van der Waals surface area (Å²) >= 11 is 0. The summed E-state index contributed by atoms with van der Waals surface area (Å²) in [6, 6.07) is 8.69. The highest BCUT2D eigenvalue weighted by molar-refractivity contribution is 5.42. The Labute approximate surface area is 61.9 Å². The lowest BCUT2D eigenvalue weighted by molar-refractivity contribution is 0.940. The molecule has 0 spiro atoms. The first-order chi connectivity index (χ1) is 4.88. The van der Waals surface area contributed by atoms with E-state index in [9.17, 15) is 0 Å². The lowest BCUT2D eigenvalue weighted by Gasteiger charge is -2.00. The van der Waals surface area contributed by atoms with Crippen LogP contribution in [0.5, 0.6) is 0 Å². The predicted octanol–water partition coefficient (Wildman–Crippen LogP) is 2.58. The van der Waals surface area contributed by atoms with Crippen LogP contribution in [0, 0.1) is 5.92 Å². The molecule has 0 N–H and O–H groups in total. The summed E-state index contributed by atoms with van der Waals surface area (Å²) in [7, 11) is 0. The molecule has 0 heteroatoms. The van der Waals surface area contributed by atoms with Crippen molar-refractivity contribution in [3.8, 4) is 0 Å². The zero-order chi connectivity index (χ0) is 6.97. The minimum atomic E-state index is 1.25. The van der Waals surface area contributed by atoms with E-state index in [1.807, 2.05) is 0 Å². The second-order valence-electron chi connectivity index (χ2n) is 2.94. The van der Waals surface area contributed by atoms with Crippen LogP contribution in [0.4, 0.5) is 0 Å². The summed E-state index contributed by atoms with van der Waals surface area (Å²) in [6.07, 6.45) is 2.52. The van der Waals surface area contributed by atoms with Crippen molar-refractivity contribution in [2.75, 3.05) is 0 Å². The zero-order valence-electron chi connectivity index (χ0n) is 6.22. The van der Waals surface area contributed by atoms with Crippen molar-refractivity contribution < 1.29 is 0 Å². The molecule has 0 bridgehead atoms. The van der Waals surface area contributed by atoms with Gasteiger partial charge in [-0.25, -0.2) is 0 Å². The van der Waals surface area contributed by atoms with Gasteiger partial charge < -0.3 is 0 Å². The van der Waals surface area contributed by atoms with Crippen molar-refractivity contribution in [3.05, 3.63) is 41.3 Å². The standard InChI is InChI=1S/C10H11/c1-8-6-7-9-4-2-3-5-10(8)9/h2-5H,6-7H2,1H3. The molecule has 2 rings (SSSR count). The van der Waals surface area contributed by atoms with Gasteiger partial charge in [0, 0.05) is 5.92 Å². The van der Waals surface area contributed by atoms with Crippen LogP contribution in [-0.4, -0.2) is 0 Å². The van der Waals surface area contributed by atoms with E-state index >= 15 is 0 Å². The molecule has 0 amide bonds. The van der Waals surface area contributed by atoms with Crippen LogP contribution in [0.15, 0.2) is 24.3 Å². The molecule has 1 radical (unpaired) electrons. The third-order valence-corrected chi connectivity index (χ3v) is 2.25. The molecule has 0 heterocycles. The Morgan fingerprint density at radius 1 is 1.10 bits per heavy atom. The Hall–Kier alpha value is -0.780. The van der Waals surface area contributed by atoms with E-state index in [-0.39, 0.29) is 0 Å². The highest BCUT2D eigenvalue weighted by Crippen LogP contribution is 2.30. The van der Waals surface area contributed by atoms with Crippen molar-refractivity contribution in [1.29, 1.82) is 0 Å². The summed E-state index contributed by atoms with van der Waals surface area (Å²) in [5.41, 5.74) is 3.02. The van der Waals surface area contributed by atoms with Crippen LogP contribution >= 0.6 is 0 Å². The van der Waals surface area contributed by atoms with Gasteiger partial charge in [0.05, 0.1) is 0 Å². The summed E-state index contributed by atoms with van der Waals surface area (Å²) in [5.74, 6) is 1.55. The molecule has 10 heavy (non-hydrogen) atoms. The third-order valence-electron chi connectivity index (χ3n) is 2.25. The topological polar surface area (TPSA) is 0 Å². The number of aryl methyl sites for hydroxylation is 1. The molecular weight excluding hydrogens is 120 g/mol. The highest BCUT2D eigenvalue weighted by atomic mass is 14.2. The van der Waals surface area contributed by atoms with Crippen molar-refractivity contribution in [1.82, 2.24) is 0 Å². The predicted molar refractivity (Wildman–Crippen MR) is 42.8 cm³/mol. The molecule has 0 saturated carbocycles. The fourth-order valence-electron chi connectivity index (χ4n) is 1.61. The van der Waals surface area contributed by atoms with E-state index in [2.05, 4.69) is 31.2 Å². The maximum atomic E-state index is 2.23. The fourth-order valence-corrected chi connectivity index (χ4v) is 1.61. The largest absolute Gasteiger partial charge is 0.0620 e. The minimum absolute atomic E-state index is 1.25. The lowest BCUT2D eigenvalue weighted by atomic mass is 10.0. The second kappa shape index (κ2) is 2.12. The van der Waals surface area contributed by atoms with Crippen LogP contribution in [0.25, 0.3) is 0 Å². The molecule has 0 aromatic heterocycles. The molecule has 51 valence electrons. The Bertz CT molecular complexity index is 238. The summed E-state index contributed by atoms with van der Waals surface area (Å²) in [5, 5.41) is 0. The van der Waals surface area contributed by atoms with Crippen molar-refractivity contribution in [3.63, 3.8) is 0 Å². The molecule has 1 aliphatic rings. The molecule has 0 fully saturated rings. The first-order valence-electron chi connectivity index (χ1n) is 3.78. The molecule has 0 saturated heterocycles. The van der Waals surface area contributed by atoms with Crippen molar-refractivity contribution in [2.45, 2.75) is 19.8 Å². The average Bonchev–Trinajstić information content (AvgIpc) is 2.34. The maximum Gasteiger partial charge on any atom is 0.00250 e. The Balaban J connectivity index is 2.51. The number of hydrogen-bond donors (Lipinski definition) is 0. The van der Waals surface area contributed by atoms with Gasteiger partial charge in [0.2, 0.25) is 0 Å². The summed E-state index contributed by atoms with van der Waals surface area (Å²) in [6.45, 7) is 2.23. The monoisotopic (exact) mass is 131 g/mol. The molecular formula is C10H11. The van der Waals surface area contributed by atoms with Crippen molar-refractivity contribution >= 4 is 0 Å². The van der Waals surface area contributed by atoms with Gasteiger partial charge in [0.15, 0.2) is 0 Å². The first kappa shape index (κ1) is 5.96. The molecule has 0 atom stereocenters. The molecule has 0 aliphatic heterocycles. The second-order valence-corrected chi connectivity index (χ2v) is 2.94.